The molecule has 1 unspecified atom stereocenters. The first kappa shape index (κ1) is 21.8. The summed E-state index contributed by atoms with van der Waals surface area (Å²) in [6.07, 6.45) is 1.65. The Bertz CT molecular complexity index is 1370. The molecule has 0 aliphatic heterocycles. The third kappa shape index (κ3) is 4.43. The monoisotopic (exact) mass is 447 g/mol. The van der Waals surface area contributed by atoms with Gasteiger partial charge in [0.15, 0.2) is 0 Å². The molecule has 4 aromatic rings. The van der Waals surface area contributed by atoms with E-state index in [1.807, 2.05) is 44.2 Å². The quantitative estimate of drug-likeness (QED) is 0.470. The van der Waals surface area contributed by atoms with Gasteiger partial charge in [-0.05, 0) is 55.3 Å². The maximum atomic E-state index is 13.3. The number of nitrogens with one attached hydrogen (secondary N) is 1. The van der Waals surface area contributed by atoms with Gasteiger partial charge < -0.3 is 5.32 Å². The fraction of sp³-hybridized carbons (Fsp3) is 0.240. The van der Waals surface area contributed by atoms with Gasteiger partial charge in [-0.1, -0.05) is 48.5 Å². The Hall–Kier alpha value is -3.45. The minimum Gasteiger partial charge on any atom is -0.352 e. The zero-order chi connectivity index (χ0) is 22.7. The summed E-state index contributed by atoms with van der Waals surface area (Å²) in [5, 5.41) is 4.75. The van der Waals surface area contributed by atoms with Crippen molar-refractivity contribution in [2.45, 2.75) is 39.3 Å². The van der Waals surface area contributed by atoms with Crippen LogP contribution in [0.1, 0.15) is 24.5 Å². The van der Waals surface area contributed by atoms with Crippen molar-refractivity contribution in [1.29, 1.82) is 0 Å². The van der Waals surface area contributed by atoms with Crippen LogP contribution in [0.5, 0.6) is 0 Å². The number of thiophene rings is 1. The molecule has 2 heterocycles. The van der Waals surface area contributed by atoms with Crippen molar-refractivity contribution >= 4 is 27.5 Å². The molecular formula is C25H25N3O3S. The predicted molar refractivity (Wildman–Crippen MR) is 129 cm³/mol. The molecule has 32 heavy (non-hydrogen) atoms. The van der Waals surface area contributed by atoms with E-state index in [-0.39, 0.29) is 24.1 Å². The van der Waals surface area contributed by atoms with E-state index in [1.165, 1.54) is 26.0 Å². The lowest BCUT2D eigenvalue weighted by atomic mass is 10.1. The summed E-state index contributed by atoms with van der Waals surface area (Å²) in [4.78, 5) is 39.2. The normalized spacial score (nSPS) is 12.1. The van der Waals surface area contributed by atoms with Crippen molar-refractivity contribution in [3.63, 3.8) is 0 Å². The molecule has 0 saturated heterocycles. The molecule has 0 aliphatic rings. The number of aryl methyl sites for hydroxylation is 2. The minimum atomic E-state index is -0.512. The summed E-state index contributed by atoms with van der Waals surface area (Å²) < 4.78 is 3.01. The fourth-order valence-electron chi connectivity index (χ4n) is 3.83. The van der Waals surface area contributed by atoms with E-state index in [1.54, 1.807) is 23.6 Å². The Balaban J connectivity index is 1.60. The van der Waals surface area contributed by atoms with Gasteiger partial charge >= 0.3 is 5.69 Å². The molecule has 4 rings (SSSR count). The second-order valence-electron chi connectivity index (χ2n) is 7.92. The van der Waals surface area contributed by atoms with Crippen LogP contribution in [-0.4, -0.2) is 21.1 Å². The fourth-order valence-corrected chi connectivity index (χ4v) is 4.66. The third-order valence-corrected chi connectivity index (χ3v) is 6.42. The molecule has 1 N–H and O–H groups in total. The number of hydrogen-bond donors (Lipinski definition) is 1. The van der Waals surface area contributed by atoms with Crippen LogP contribution in [0, 0.1) is 6.92 Å². The van der Waals surface area contributed by atoms with E-state index < -0.39 is 5.69 Å². The molecule has 2 aromatic heterocycles. The predicted octanol–water partition coefficient (Wildman–Crippen LogP) is 3.66. The molecule has 2 aromatic carbocycles. The number of carbonyl (C=O) groups is 1. The molecule has 164 valence electrons. The van der Waals surface area contributed by atoms with E-state index in [0.717, 1.165) is 18.4 Å². The van der Waals surface area contributed by atoms with Gasteiger partial charge in [0.05, 0.1) is 11.2 Å². The van der Waals surface area contributed by atoms with Crippen molar-refractivity contribution in [2.75, 3.05) is 0 Å². The smallest absolute Gasteiger partial charge is 0.336 e. The summed E-state index contributed by atoms with van der Waals surface area (Å²) in [5.41, 5.74) is 2.18. The molecule has 0 aliphatic carbocycles. The van der Waals surface area contributed by atoms with Gasteiger partial charge in [-0.2, -0.15) is 0 Å². The first-order chi connectivity index (χ1) is 15.5. The van der Waals surface area contributed by atoms with Gasteiger partial charge in [-0.15, -0.1) is 11.3 Å². The van der Waals surface area contributed by atoms with Gasteiger partial charge in [0.25, 0.3) is 5.56 Å². The van der Waals surface area contributed by atoms with E-state index in [9.17, 15) is 14.4 Å². The SMILES string of the molecule is Cc1ccccc1-n1c(=O)c2sccc2n(CC(=O)NC(C)CCc2ccccc2)c1=O. The largest absolute Gasteiger partial charge is 0.352 e. The average Bonchev–Trinajstić information content (AvgIpc) is 3.27. The minimum absolute atomic E-state index is 0.0429. The lowest BCUT2D eigenvalue weighted by Crippen LogP contribution is -2.43. The summed E-state index contributed by atoms with van der Waals surface area (Å²) in [5.74, 6) is -0.254. The maximum absolute atomic E-state index is 13.3. The zero-order valence-corrected chi connectivity index (χ0v) is 18.9. The van der Waals surface area contributed by atoms with E-state index in [0.29, 0.717) is 15.9 Å². The molecule has 7 heteroatoms. The number of carbonyl (C=O) groups excluding carboxylic acids is 1. The van der Waals surface area contributed by atoms with Gasteiger partial charge in [0, 0.05) is 6.04 Å². The second kappa shape index (κ2) is 9.36. The Morgan fingerprint density at radius 1 is 1.03 bits per heavy atom. The van der Waals surface area contributed by atoms with Gasteiger partial charge in [0.1, 0.15) is 11.2 Å². The Morgan fingerprint density at radius 2 is 1.75 bits per heavy atom. The van der Waals surface area contributed by atoms with Crippen LogP contribution in [0.2, 0.25) is 0 Å². The number of para-hydroxylation sites is 1. The van der Waals surface area contributed by atoms with E-state index in [2.05, 4.69) is 17.4 Å². The van der Waals surface area contributed by atoms with E-state index >= 15 is 0 Å². The van der Waals surface area contributed by atoms with Crippen LogP contribution in [0.4, 0.5) is 0 Å². The molecule has 0 fully saturated rings. The number of aromatic nitrogens is 2. The van der Waals surface area contributed by atoms with Gasteiger partial charge in [-0.25, -0.2) is 9.36 Å². The Kier molecular flexibility index (Phi) is 6.37. The first-order valence-corrected chi connectivity index (χ1v) is 11.5. The van der Waals surface area contributed by atoms with Crippen molar-refractivity contribution in [2.24, 2.45) is 0 Å². The standard InChI is InChI=1S/C25H25N3O3S/c1-17-8-6-7-11-20(17)28-24(30)23-21(14-15-32-23)27(25(28)31)16-22(29)26-18(2)12-13-19-9-4-3-5-10-19/h3-11,14-15,18H,12-13,16H2,1-2H3,(H,26,29). The summed E-state index contributed by atoms with van der Waals surface area (Å²) in [7, 11) is 0. The highest BCUT2D eigenvalue weighted by Crippen LogP contribution is 2.17. The first-order valence-electron chi connectivity index (χ1n) is 10.6. The van der Waals surface area contributed by atoms with Crippen LogP contribution in [0.3, 0.4) is 0 Å². The van der Waals surface area contributed by atoms with Crippen LogP contribution in [0.15, 0.2) is 75.6 Å². The number of benzene rings is 2. The van der Waals surface area contributed by atoms with Crippen molar-refractivity contribution < 1.29 is 4.79 Å². The summed E-state index contributed by atoms with van der Waals surface area (Å²) in [6.45, 7) is 3.66. The molecule has 0 bridgehead atoms. The molecule has 1 atom stereocenters. The van der Waals surface area contributed by atoms with Crippen molar-refractivity contribution in [3.05, 3.63) is 98.0 Å². The number of hydrogen-bond acceptors (Lipinski definition) is 4. The van der Waals surface area contributed by atoms with Crippen LogP contribution in [-0.2, 0) is 17.8 Å². The number of rotatable bonds is 7. The van der Waals surface area contributed by atoms with Crippen LogP contribution < -0.4 is 16.6 Å². The average molecular weight is 448 g/mol. The Labute approximate surface area is 189 Å². The van der Waals surface area contributed by atoms with Gasteiger partial charge in [0.2, 0.25) is 5.91 Å². The molecule has 1 amide bonds. The lowest BCUT2D eigenvalue weighted by Gasteiger charge is -2.16. The highest BCUT2D eigenvalue weighted by molar-refractivity contribution is 7.17. The van der Waals surface area contributed by atoms with Crippen molar-refractivity contribution in [1.82, 2.24) is 14.5 Å². The number of fused-ring (bicyclic) bond motifs is 1. The molecule has 6 nitrogen and oxygen atoms in total. The summed E-state index contributed by atoms with van der Waals surface area (Å²) in [6, 6.07) is 19.0. The van der Waals surface area contributed by atoms with Crippen LogP contribution >= 0.6 is 11.3 Å². The third-order valence-electron chi connectivity index (χ3n) is 5.53. The number of nitrogens with zero attached hydrogens (tertiary/aromatic N) is 2. The summed E-state index contributed by atoms with van der Waals surface area (Å²) >= 11 is 1.27. The maximum Gasteiger partial charge on any atom is 0.336 e. The highest BCUT2D eigenvalue weighted by Gasteiger charge is 2.19. The Morgan fingerprint density at radius 3 is 2.50 bits per heavy atom. The number of amides is 1. The van der Waals surface area contributed by atoms with E-state index in [4.69, 9.17) is 0 Å². The topological polar surface area (TPSA) is 73.1 Å². The highest BCUT2D eigenvalue weighted by atomic mass is 32.1. The molecule has 0 radical (unpaired) electrons. The van der Waals surface area contributed by atoms with Gasteiger partial charge in [-0.3, -0.25) is 14.2 Å². The second-order valence-corrected chi connectivity index (χ2v) is 8.84. The molecule has 0 spiro atoms. The van der Waals surface area contributed by atoms with Crippen LogP contribution in [0.25, 0.3) is 15.9 Å². The van der Waals surface area contributed by atoms with Crippen molar-refractivity contribution in [3.8, 4) is 5.69 Å². The molecular weight excluding hydrogens is 422 g/mol. The zero-order valence-electron chi connectivity index (χ0n) is 18.1. The molecule has 0 saturated carbocycles. The lowest BCUT2D eigenvalue weighted by molar-refractivity contribution is -0.122.